The number of hydrogen-bond donors (Lipinski definition) is 1. The molecule has 0 radical (unpaired) electrons. The van der Waals surface area contributed by atoms with Crippen LogP contribution in [0.25, 0.3) is 11.0 Å². The lowest BCUT2D eigenvalue weighted by molar-refractivity contribution is -0.132. The summed E-state index contributed by atoms with van der Waals surface area (Å²) >= 11 is 0. The number of aromatic nitrogens is 4. The summed E-state index contributed by atoms with van der Waals surface area (Å²) in [6.07, 6.45) is 7.07. The quantitative estimate of drug-likeness (QED) is 0.786. The molecule has 2 aromatic heterocycles. The fourth-order valence-electron chi connectivity index (χ4n) is 3.80. The predicted octanol–water partition coefficient (Wildman–Crippen LogP) is 2.94. The fourth-order valence-corrected chi connectivity index (χ4v) is 3.80. The minimum Gasteiger partial charge on any atom is -0.343 e. The molecule has 3 aromatic rings. The van der Waals surface area contributed by atoms with Gasteiger partial charge in [0.25, 0.3) is 0 Å². The second-order valence-corrected chi connectivity index (χ2v) is 7.27. The van der Waals surface area contributed by atoms with Crippen molar-refractivity contribution in [3.8, 4) is 0 Å². The maximum Gasteiger partial charge on any atom is 0.222 e. The number of hydrogen-bond acceptors (Lipinski definition) is 3. The van der Waals surface area contributed by atoms with Gasteiger partial charge in [-0.3, -0.25) is 9.48 Å². The Balaban J connectivity index is 1.34. The number of nitrogens with one attached hydrogen (secondary N) is 1. The first-order valence-electron chi connectivity index (χ1n) is 9.30. The van der Waals surface area contributed by atoms with E-state index in [-0.39, 0.29) is 5.91 Å². The lowest BCUT2D eigenvalue weighted by Crippen LogP contribution is -2.38. The molecule has 1 aliphatic rings. The van der Waals surface area contributed by atoms with Crippen LogP contribution in [0.15, 0.2) is 30.6 Å². The van der Waals surface area contributed by atoms with Crippen LogP contribution in [0.4, 0.5) is 0 Å². The maximum absolute atomic E-state index is 12.5. The zero-order valence-corrected chi connectivity index (χ0v) is 15.4. The van der Waals surface area contributed by atoms with Gasteiger partial charge in [-0.15, -0.1) is 0 Å². The SMILES string of the molecule is Cc1cccc2[nH]c(C3CCN(C(=O)CCc4cnn(C)c4)CC3)nc12. The van der Waals surface area contributed by atoms with E-state index in [1.54, 1.807) is 4.68 Å². The van der Waals surface area contributed by atoms with Crippen molar-refractivity contribution in [2.24, 2.45) is 7.05 Å². The van der Waals surface area contributed by atoms with E-state index in [1.807, 2.05) is 24.3 Å². The van der Waals surface area contributed by atoms with Crippen molar-refractivity contribution >= 4 is 16.9 Å². The lowest BCUT2D eigenvalue weighted by atomic mass is 9.96. The van der Waals surface area contributed by atoms with Gasteiger partial charge >= 0.3 is 0 Å². The van der Waals surface area contributed by atoms with Gasteiger partial charge in [-0.25, -0.2) is 4.98 Å². The van der Waals surface area contributed by atoms with Crippen LogP contribution in [0.1, 0.15) is 42.1 Å². The molecule has 1 amide bonds. The van der Waals surface area contributed by atoms with Crippen LogP contribution in [0.3, 0.4) is 0 Å². The first kappa shape index (κ1) is 16.8. The summed E-state index contributed by atoms with van der Waals surface area (Å²) in [4.78, 5) is 22.8. The number of benzene rings is 1. The maximum atomic E-state index is 12.5. The normalized spacial score (nSPS) is 15.7. The number of para-hydroxylation sites is 1. The second-order valence-electron chi connectivity index (χ2n) is 7.27. The van der Waals surface area contributed by atoms with Crippen molar-refractivity contribution in [3.05, 3.63) is 47.5 Å². The van der Waals surface area contributed by atoms with Gasteiger partial charge in [-0.2, -0.15) is 5.10 Å². The van der Waals surface area contributed by atoms with E-state index in [9.17, 15) is 4.79 Å². The molecule has 26 heavy (non-hydrogen) atoms. The van der Waals surface area contributed by atoms with Gasteiger partial charge in [0.2, 0.25) is 5.91 Å². The Morgan fingerprint density at radius 1 is 1.31 bits per heavy atom. The zero-order chi connectivity index (χ0) is 18.1. The highest BCUT2D eigenvalue weighted by atomic mass is 16.2. The molecular formula is C20H25N5O. The van der Waals surface area contributed by atoms with Gasteiger partial charge in [0, 0.05) is 38.7 Å². The largest absolute Gasteiger partial charge is 0.343 e. The highest BCUT2D eigenvalue weighted by Gasteiger charge is 2.25. The number of aromatic amines is 1. The third-order valence-electron chi connectivity index (χ3n) is 5.35. The van der Waals surface area contributed by atoms with Gasteiger partial charge in [0.15, 0.2) is 0 Å². The number of carbonyl (C=O) groups excluding carboxylic acids is 1. The predicted molar refractivity (Wildman–Crippen MR) is 101 cm³/mol. The first-order chi connectivity index (χ1) is 12.6. The number of imidazole rings is 1. The van der Waals surface area contributed by atoms with E-state index in [2.05, 4.69) is 35.2 Å². The van der Waals surface area contributed by atoms with Crippen LogP contribution in [-0.2, 0) is 18.3 Å². The number of aryl methyl sites for hydroxylation is 3. The standard InChI is InChI=1S/C20H25N5O/c1-14-4-3-5-17-19(14)23-20(22-17)16-8-10-25(11-9-16)18(26)7-6-15-12-21-24(2)13-15/h3-5,12-13,16H,6-11H2,1-2H3,(H,22,23). The number of nitrogens with zero attached hydrogens (tertiary/aromatic N) is 4. The monoisotopic (exact) mass is 351 g/mol. The van der Waals surface area contributed by atoms with Gasteiger partial charge in [-0.1, -0.05) is 12.1 Å². The summed E-state index contributed by atoms with van der Waals surface area (Å²) in [5.41, 5.74) is 4.49. The van der Waals surface area contributed by atoms with E-state index < -0.39 is 0 Å². The van der Waals surface area contributed by atoms with Crippen molar-refractivity contribution in [3.63, 3.8) is 0 Å². The Hall–Kier alpha value is -2.63. The number of amides is 1. The Morgan fingerprint density at radius 3 is 2.81 bits per heavy atom. The molecule has 1 fully saturated rings. The molecular weight excluding hydrogens is 326 g/mol. The van der Waals surface area contributed by atoms with Crippen LogP contribution >= 0.6 is 0 Å². The summed E-state index contributed by atoms with van der Waals surface area (Å²) in [6.45, 7) is 3.72. The highest BCUT2D eigenvalue weighted by molar-refractivity contribution is 5.78. The van der Waals surface area contributed by atoms with E-state index in [1.165, 1.54) is 5.56 Å². The van der Waals surface area contributed by atoms with Gasteiger partial charge < -0.3 is 9.88 Å². The van der Waals surface area contributed by atoms with Crippen LogP contribution in [0.2, 0.25) is 0 Å². The Labute approximate surface area is 153 Å². The van der Waals surface area contributed by atoms with E-state index in [0.29, 0.717) is 12.3 Å². The molecule has 0 unspecified atom stereocenters. The van der Waals surface area contributed by atoms with Crippen molar-refractivity contribution in [1.29, 1.82) is 0 Å². The molecule has 0 spiro atoms. The molecule has 1 N–H and O–H groups in total. The smallest absolute Gasteiger partial charge is 0.222 e. The van der Waals surface area contributed by atoms with Crippen molar-refractivity contribution in [1.82, 2.24) is 24.6 Å². The minimum atomic E-state index is 0.243. The number of piperidine rings is 1. The number of likely N-dealkylation sites (tertiary alicyclic amines) is 1. The average molecular weight is 351 g/mol. The molecule has 6 heteroatoms. The van der Waals surface area contributed by atoms with Gasteiger partial charge in [0.05, 0.1) is 17.2 Å². The Bertz CT molecular complexity index is 917. The molecule has 6 nitrogen and oxygen atoms in total. The molecule has 4 rings (SSSR count). The van der Waals surface area contributed by atoms with Crippen LogP contribution in [0, 0.1) is 6.92 Å². The summed E-state index contributed by atoms with van der Waals surface area (Å²) in [6, 6.07) is 6.23. The fraction of sp³-hybridized carbons (Fsp3) is 0.450. The number of carbonyl (C=O) groups is 1. The van der Waals surface area contributed by atoms with Crippen molar-refractivity contribution in [2.75, 3.05) is 13.1 Å². The molecule has 1 aliphatic heterocycles. The molecule has 0 saturated carbocycles. The molecule has 0 bridgehead atoms. The van der Waals surface area contributed by atoms with Gasteiger partial charge in [0.1, 0.15) is 5.82 Å². The van der Waals surface area contributed by atoms with Crippen molar-refractivity contribution < 1.29 is 4.79 Å². The molecule has 0 atom stereocenters. The third kappa shape index (κ3) is 3.36. The first-order valence-corrected chi connectivity index (χ1v) is 9.30. The second kappa shape index (κ2) is 6.94. The van der Waals surface area contributed by atoms with E-state index in [0.717, 1.165) is 54.8 Å². The summed E-state index contributed by atoms with van der Waals surface area (Å²) < 4.78 is 1.78. The Kier molecular flexibility index (Phi) is 4.49. The lowest BCUT2D eigenvalue weighted by Gasteiger charge is -2.31. The number of rotatable bonds is 4. The number of H-pyrrole nitrogens is 1. The van der Waals surface area contributed by atoms with E-state index in [4.69, 9.17) is 4.98 Å². The molecule has 3 heterocycles. The molecule has 1 aromatic carbocycles. The van der Waals surface area contributed by atoms with Crippen LogP contribution in [-0.4, -0.2) is 43.6 Å². The molecule has 136 valence electrons. The topological polar surface area (TPSA) is 66.8 Å². The number of fused-ring (bicyclic) bond motifs is 1. The van der Waals surface area contributed by atoms with Crippen LogP contribution < -0.4 is 0 Å². The van der Waals surface area contributed by atoms with Crippen molar-refractivity contribution in [2.45, 2.75) is 38.5 Å². The summed E-state index contributed by atoms with van der Waals surface area (Å²) in [5.74, 6) is 1.72. The molecule has 0 aliphatic carbocycles. The molecule has 1 saturated heterocycles. The van der Waals surface area contributed by atoms with Gasteiger partial charge in [-0.05, 0) is 43.4 Å². The summed E-state index contributed by atoms with van der Waals surface area (Å²) in [5, 5.41) is 4.16. The third-order valence-corrected chi connectivity index (χ3v) is 5.35. The Morgan fingerprint density at radius 2 is 2.12 bits per heavy atom. The zero-order valence-electron chi connectivity index (χ0n) is 15.4. The van der Waals surface area contributed by atoms with E-state index >= 15 is 0 Å². The summed E-state index contributed by atoms with van der Waals surface area (Å²) in [7, 11) is 1.90. The highest BCUT2D eigenvalue weighted by Crippen LogP contribution is 2.28. The van der Waals surface area contributed by atoms with Crippen LogP contribution in [0.5, 0.6) is 0 Å². The average Bonchev–Trinajstić information content (AvgIpc) is 3.27. The minimum absolute atomic E-state index is 0.243.